The third-order valence-electron chi connectivity index (χ3n) is 3.01. The van der Waals surface area contributed by atoms with Gasteiger partial charge in [0.15, 0.2) is 5.78 Å². The molecular weight excluding hydrogens is 368 g/mol. The van der Waals surface area contributed by atoms with Crippen LogP contribution in [0.4, 0.5) is 0 Å². The lowest BCUT2D eigenvalue weighted by molar-refractivity contribution is 0.0993. The van der Waals surface area contributed by atoms with Crippen molar-refractivity contribution in [3.8, 4) is 0 Å². The SMILES string of the molecule is Cc1cc(C(=O)Cc2cccc(Br)c2)cc(C)c1Br. The maximum absolute atomic E-state index is 12.3. The fraction of sp³-hybridized carbons (Fsp3) is 0.188. The second kappa shape index (κ2) is 6.02. The molecule has 0 radical (unpaired) electrons. The van der Waals surface area contributed by atoms with Crippen LogP contribution in [0.5, 0.6) is 0 Å². The molecule has 1 nitrogen and oxygen atoms in total. The minimum Gasteiger partial charge on any atom is -0.294 e. The first-order valence-corrected chi connectivity index (χ1v) is 7.60. The minimum absolute atomic E-state index is 0.150. The molecule has 0 amide bonds. The Hall–Kier alpha value is -0.930. The third-order valence-corrected chi connectivity index (χ3v) is 4.76. The fourth-order valence-corrected chi connectivity index (χ4v) is 2.72. The van der Waals surface area contributed by atoms with Crippen molar-refractivity contribution in [2.24, 2.45) is 0 Å². The summed E-state index contributed by atoms with van der Waals surface area (Å²) in [5.74, 6) is 0.150. The molecule has 19 heavy (non-hydrogen) atoms. The fourth-order valence-electron chi connectivity index (χ4n) is 2.04. The number of hydrogen-bond donors (Lipinski definition) is 0. The van der Waals surface area contributed by atoms with Crippen LogP contribution in [0.25, 0.3) is 0 Å². The highest BCUT2D eigenvalue weighted by Crippen LogP contribution is 2.23. The van der Waals surface area contributed by atoms with E-state index >= 15 is 0 Å². The van der Waals surface area contributed by atoms with Crippen molar-refractivity contribution in [1.82, 2.24) is 0 Å². The molecule has 0 fully saturated rings. The van der Waals surface area contributed by atoms with Crippen LogP contribution >= 0.6 is 31.9 Å². The van der Waals surface area contributed by atoms with Crippen LogP contribution in [0.3, 0.4) is 0 Å². The Labute approximate surface area is 130 Å². The predicted octanol–water partition coefficient (Wildman–Crippen LogP) is 5.25. The monoisotopic (exact) mass is 380 g/mol. The summed E-state index contributed by atoms with van der Waals surface area (Å²) in [6.45, 7) is 4.01. The van der Waals surface area contributed by atoms with Gasteiger partial charge in [0.25, 0.3) is 0 Å². The zero-order valence-corrected chi connectivity index (χ0v) is 14.0. The highest BCUT2D eigenvalue weighted by Gasteiger charge is 2.10. The van der Waals surface area contributed by atoms with Gasteiger partial charge in [0, 0.05) is 20.9 Å². The summed E-state index contributed by atoms with van der Waals surface area (Å²) >= 11 is 6.94. The van der Waals surface area contributed by atoms with Gasteiger partial charge in [0.1, 0.15) is 0 Å². The average Bonchev–Trinajstić information content (AvgIpc) is 2.35. The van der Waals surface area contributed by atoms with Gasteiger partial charge in [-0.2, -0.15) is 0 Å². The molecule has 0 aliphatic heterocycles. The van der Waals surface area contributed by atoms with E-state index in [2.05, 4.69) is 31.9 Å². The van der Waals surface area contributed by atoms with Crippen LogP contribution in [0.2, 0.25) is 0 Å². The highest BCUT2D eigenvalue weighted by atomic mass is 79.9. The number of halogens is 2. The Balaban J connectivity index is 2.25. The molecule has 2 aromatic carbocycles. The van der Waals surface area contributed by atoms with Gasteiger partial charge in [-0.1, -0.05) is 44.0 Å². The van der Waals surface area contributed by atoms with Crippen LogP contribution in [0, 0.1) is 13.8 Å². The van der Waals surface area contributed by atoms with Gasteiger partial charge in [0.05, 0.1) is 0 Å². The van der Waals surface area contributed by atoms with Crippen LogP contribution < -0.4 is 0 Å². The van der Waals surface area contributed by atoms with Crippen LogP contribution in [0.1, 0.15) is 27.0 Å². The molecule has 3 heteroatoms. The molecule has 0 N–H and O–H groups in total. The van der Waals surface area contributed by atoms with Gasteiger partial charge in [-0.25, -0.2) is 0 Å². The molecule has 0 heterocycles. The zero-order valence-electron chi connectivity index (χ0n) is 10.8. The molecule has 0 bridgehead atoms. The van der Waals surface area contributed by atoms with Gasteiger partial charge in [-0.3, -0.25) is 4.79 Å². The first-order chi connectivity index (χ1) is 8.97. The summed E-state index contributed by atoms with van der Waals surface area (Å²) in [6, 6.07) is 11.7. The molecule has 0 aromatic heterocycles. The molecule has 0 aliphatic carbocycles. The number of Topliss-reactive ketones (excluding diaryl/α,β-unsaturated/α-hetero) is 1. The van der Waals surface area contributed by atoms with E-state index in [1.54, 1.807) is 0 Å². The summed E-state index contributed by atoms with van der Waals surface area (Å²) in [6.07, 6.45) is 0.431. The maximum Gasteiger partial charge on any atom is 0.167 e. The van der Waals surface area contributed by atoms with Crippen LogP contribution in [-0.2, 0) is 6.42 Å². The number of rotatable bonds is 3. The molecule has 98 valence electrons. The molecule has 2 rings (SSSR count). The second-order valence-electron chi connectivity index (χ2n) is 4.65. The standard InChI is InChI=1S/C16H14Br2O/c1-10-6-13(7-11(2)16(10)18)15(19)9-12-4-3-5-14(17)8-12/h3-8H,9H2,1-2H3. The van der Waals surface area contributed by atoms with Crippen LogP contribution in [0.15, 0.2) is 45.3 Å². The number of hydrogen-bond acceptors (Lipinski definition) is 1. The Morgan fingerprint density at radius 2 is 1.68 bits per heavy atom. The summed E-state index contributed by atoms with van der Waals surface area (Å²) in [5.41, 5.74) is 3.99. The van der Waals surface area contributed by atoms with Crippen LogP contribution in [-0.4, -0.2) is 5.78 Å². The van der Waals surface area contributed by atoms with Gasteiger partial charge < -0.3 is 0 Å². The molecule has 0 saturated carbocycles. The molecule has 0 aliphatic rings. The van der Waals surface area contributed by atoms with Crippen molar-refractivity contribution < 1.29 is 4.79 Å². The zero-order chi connectivity index (χ0) is 14.0. The molecule has 0 spiro atoms. The van der Waals surface area contributed by atoms with E-state index < -0.39 is 0 Å². The largest absolute Gasteiger partial charge is 0.294 e. The summed E-state index contributed by atoms with van der Waals surface area (Å²) in [5, 5.41) is 0. The summed E-state index contributed by atoms with van der Waals surface area (Å²) < 4.78 is 2.08. The van der Waals surface area contributed by atoms with Gasteiger partial charge in [-0.15, -0.1) is 0 Å². The Kier molecular flexibility index (Phi) is 4.58. The number of ketones is 1. The Bertz CT molecular complexity index is 609. The van der Waals surface area contributed by atoms with E-state index in [9.17, 15) is 4.79 Å². The Morgan fingerprint density at radius 1 is 1.05 bits per heavy atom. The Morgan fingerprint density at radius 3 is 2.26 bits per heavy atom. The average molecular weight is 382 g/mol. The van der Waals surface area contributed by atoms with Crippen molar-refractivity contribution >= 4 is 37.6 Å². The molecule has 0 atom stereocenters. The number of benzene rings is 2. The number of carbonyl (C=O) groups is 1. The third kappa shape index (κ3) is 3.54. The van der Waals surface area contributed by atoms with E-state index in [0.717, 1.165) is 31.2 Å². The van der Waals surface area contributed by atoms with Crippen molar-refractivity contribution in [2.45, 2.75) is 20.3 Å². The van der Waals surface area contributed by atoms with Crippen molar-refractivity contribution in [3.05, 3.63) is 67.6 Å². The van der Waals surface area contributed by atoms with E-state index in [1.807, 2.05) is 50.2 Å². The molecule has 0 unspecified atom stereocenters. The maximum atomic E-state index is 12.3. The molecule has 2 aromatic rings. The highest BCUT2D eigenvalue weighted by molar-refractivity contribution is 9.10. The van der Waals surface area contributed by atoms with Gasteiger partial charge in [-0.05, 0) is 54.8 Å². The van der Waals surface area contributed by atoms with E-state index in [-0.39, 0.29) is 5.78 Å². The summed E-state index contributed by atoms with van der Waals surface area (Å²) in [7, 11) is 0. The first kappa shape index (κ1) is 14.5. The normalized spacial score (nSPS) is 10.5. The van der Waals surface area contributed by atoms with E-state index in [4.69, 9.17) is 0 Å². The predicted molar refractivity (Wildman–Crippen MR) is 85.8 cm³/mol. The van der Waals surface area contributed by atoms with Gasteiger partial charge in [0.2, 0.25) is 0 Å². The lowest BCUT2D eigenvalue weighted by Crippen LogP contribution is -2.04. The van der Waals surface area contributed by atoms with Crippen molar-refractivity contribution in [1.29, 1.82) is 0 Å². The van der Waals surface area contributed by atoms with Gasteiger partial charge >= 0.3 is 0 Å². The minimum atomic E-state index is 0.150. The number of carbonyl (C=O) groups excluding carboxylic acids is 1. The molecular formula is C16H14Br2O. The number of aryl methyl sites for hydroxylation is 2. The second-order valence-corrected chi connectivity index (χ2v) is 6.36. The van der Waals surface area contributed by atoms with E-state index in [0.29, 0.717) is 6.42 Å². The lowest BCUT2D eigenvalue weighted by atomic mass is 9.99. The van der Waals surface area contributed by atoms with Crippen molar-refractivity contribution in [2.75, 3.05) is 0 Å². The summed E-state index contributed by atoms with van der Waals surface area (Å²) in [4.78, 5) is 12.3. The first-order valence-electron chi connectivity index (χ1n) is 6.02. The topological polar surface area (TPSA) is 17.1 Å². The smallest absolute Gasteiger partial charge is 0.167 e. The quantitative estimate of drug-likeness (QED) is 0.663. The van der Waals surface area contributed by atoms with Crippen molar-refractivity contribution in [3.63, 3.8) is 0 Å². The molecule has 0 saturated heterocycles. The lowest BCUT2D eigenvalue weighted by Gasteiger charge is -2.07. The van der Waals surface area contributed by atoms with E-state index in [1.165, 1.54) is 0 Å².